The molecule has 0 bridgehead atoms. The van der Waals surface area contributed by atoms with Crippen LogP contribution in [0.25, 0.3) is 0 Å². The molecule has 0 radical (unpaired) electrons. The van der Waals surface area contributed by atoms with Crippen LogP contribution in [0.3, 0.4) is 0 Å². The summed E-state index contributed by atoms with van der Waals surface area (Å²) in [6.45, 7) is 11.6. The van der Waals surface area contributed by atoms with Gasteiger partial charge in [0.25, 0.3) is 0 Å². The van der Waals surface area contributed by atoms with Crippen molar-refractivity contribution in [3.05, 3.63) is 12.2 Å². The van der Waals surface area contributed by atoms with Gasteiger partial charge in [-0.15, -0.1) is 0 Å². The van der Waals surface area contributed by atoms with Crippen LogP contribution in [0.15, 0.2) is 12.2 Å². The van der Waals surface area contributed by atoms with E-state index in [1.54, 1.807) is 41.5 Å². The van der Waals surface area contributed by atoms with Crippen LogP contribution in [0.1, 0.15) is 67.7 Å². The monoisotopic (exact) mass is 628 g/mol. The van der Waals surface area contributed by atoms with E-state index in [-0.39, 0.29) is 31.3 Å². The molecule has 1 saturated heterocycles. The molecule has 4 N–H and O–H groups in total. The summed E-state index contributed by atoms with van der Waals surface area (Å²) >= 11 is 0. The van der Waals surface area contributed by atoms with Crippen molar-refractivity contribution in [2.75, 3.05) is 13.2 Å². The van der Waals surface area contributed by atoms with Crippen molar-refractivity contribution < 1.29 is 50.2 Å². The number of hydrogen-bond acceptors (Lipinski definition) is 8. The molecule has 1 aliphatic rings. The van der Waals surface area contributed by atoms with E-state index >= 15 is 0 Å². The van der Waals surface area contributed by atoms with Gasteiger partial charge in [-0.1, -0.05) is 19.9 Å². The Morgan fingerprint density at radius 1 is 1.10 bits per heavy atom. The zero-order valence-electron chi connectivity index (χ0n) is 25.0. The molecule has 1 rings (SSSR count). The number of alkyl halides is 3. The van der Waals surface area contributed by atoms with Crippen molar-refractivity contribution >= 4 is 33.7 Å². The molecule has 1 heterocycles. The summed E-state index contributed by atoms with van der Waals surface area (Å²) in [6.07, 6.45) is 1.74. The highest BCUT2D eigenvalue weighted by molar-refractivity contribution is 7.90. The molecule has 0 spiro atoms. The molecule has 3 amide bonds. The van der Waals surface area contributed by atoms with Gasteiger partial charge in [0.15, 0.2) is 0 Å². The van der Waals surface area contributed by atoms with Crippen LogP contribution in [-0.4, -0.2) is 80.6 Å². The van der Waals surface area contributed by atoms with Crippen molar-refractivity contribution in [2.24, 2.45) is 11.8 Å². The molecular weight excluding hydrogens is 585 g/mol. The third-order valence-electron chi connectivity index (χ3n) is 6.00. The molecule has 1 unspecified atom stereocenters. The second-order valence-electron chi connectivity index (χ2n) is 11.4. The van der Waals surface area contributed by atoms with E-state index in [2.05, 4.69) is 16.0 Å². The molecule has 0 aromatic carbocycles. The van der Waals surface area contributed by atoms with Crippen molar-refractivity contribution in [3.8, 4) is 0 Å². The first kappa shape index (κ1) is 37.3. The van der Waals surface area contributed by atoms with Gasteiger partial charge in [0.2, 0.25) is 17.7 Å². The first-order chi connectivity index (χ1) is 19.2. The molecule has 12 nitrogen and oxygen atoms in total. The topological polar surface area (TPSA) is 169 Å². The zero-order chi connectivity index (χ0) is 32.5. The fraction of sp³-hybridized carbons (Fsp3) is 0.769. The minimum atomic E-state index is -5.96. The second kappa shape index (κ2) is 15.7. The van der Waals surface area contributed by atoms with Crippen molar-refractivity contribution in [1.82, 2.24) is 20.7 Å². The maximum atomic E-state index is 13.4. The molecule has 0 aromatic heterocycles. The number of amides is 3. The quantitative estimate of drug-likeness (QED) is 0.157. The molecule has 0 aromatic rings. The predicted octanol–water partition coefficient (Wildman–Crippen LogP) is 1.66. The average molecular weight is 629 g/mol. The Labute approximate surface area is 244 Å². The van der Waals surface area contributed by atoms with Crippen LogP contribution in [0.2, 0.25) is 0 Å². The second-order valence-corrected chi connectivity index (χ2v) is 13.1. The Morgan fingerprint density at radius 2 is 1.71 bits per heavy atom. The SMILES string of the molecule is CCOC(=O)/C=C/[C@H](C[C@@H]1CCNC1=O)NC(=O)[C@H](CC(C)C)NC(=O)[C@@H](NS(=O)(=O)C(F)(F)F)C(C)OC(C)(C)C. The third-order valence-corrected chi connectivity index (χ3v) is 7.17. The molecular formula is C26H43F3N4O8S. The van der Waals surface area contributed by atoms with Crippen LogP contribution < -0.4 is 20.7 Å². The Kier molecular flexibility index (Phi) is 13.9. The van der Waals surface area contributed by atoms with Crippen LogP contribution in [0, 0.1) is 11.8 Å². The lowest BCUT2D eigenvalue weighted by Crippen LogP contribution is -2.60. The van der Waals surface area contributed by atoms with Crippen LogP contribution in [-0.2, 0) is 38.7 Å². The molecule has 1 fully saturated rings. The maximum Gasteiger partial charge on any atom is 0.511 e. The lowest BCUT2D eigenvalue weighted by Gasteiger charge is -2.32. The van der Waals surface area contributed by atoms with Crippen LogP contribution in [0.5, 0.6) is 0 Å². The predicted molar refractivity (Wildman–Crippen MR) is 147 cm³/mol. The number of halogens is 3. The molecule has 1 aliphatic heterocycles. The van der Waals surface area contributed by atoms with Gasteiger partial charge in [-0.2, -0.15) is 17.9 Å². The lowest BCUT2D eigenvalue weighted by molar-refractivity contribution is -0.137. The Morgan fingerprint density at radius 3 is 2.19 bits per heavy atom. The summed E-state index contributed by atoms with van der Waals surface area (Å²) in [5.41, 5.74) is -6.66. The van der Waals surface area contributed by atoms with Gasteiger partial charge in [0.1, 0.15) is 12.1 Å². The number of carbonyl (C=O) groups is 4. The van der Waals surface area contributed by atoms with E-state index in [1.165, 1.54) is 17.7 Å². The molecule has 42 heavy (non-hydrogen) atoms. The zero-order valence-corrected chi connectivity index (χ0v) is 25.8. The van der Waals surface area contributed by atoms with Crippen LogP contribution >= 0.6 is 0 Å². The summed E-state index contributed by atoms with van der Waals surface area (Å²) in [4.78, 5) is 50.7. The van der Waals surface area contributed by atoms with E-state index in [9.17, 15) is 40.8 Å². The van der Waals surface area contributed by atoms with Gasteiger partial charge >= 0.3 is 21.5 Å². The maximum absolute atomic E-state index is 13.4. The largest absolute Gasteiger partial charge is 0.511 e. The number of nitrogens with one attached hydrogen (secondary N) is 4. The van der Waals surface area contributed by atoms with Gasteiger partial charge < -0.3 is 25.4 Å². The van der Waals surface area contributed by atoms with Crippen LogP contribution in [0.4, 0.5) is 13.2 Å². The molecule has 0 saturated carbocycles. The van der Waals surface area contributed by atoms with Gasteiger partial charge in [0, 0.05) is 24.6 Å². The number of esters is 1. The van der Waals surface area contributed by atoms with Gasteiger partial charge in [-0.05, 0) is 59.8 Å². The average Bonchev–Trinajstić information content (AvgIpc) is 3.22. The standard InChI is InChI=1S/C26H43F3N4O8S/c1-8-40-20(34)10-9-18(14-17-11-12-30-22(17)35)31-23(36)19(13-15(2)3)32-24(37)21(16(4)41-25(5,6)7)33-42(38,39)26(27,28)29/h9-10,15-19,21,33H,8,11-14H2,1-7H3,(H,30,35)(H,31,36)(H,32,37)/b10-9+/t16?,17-,18+,19-,21-/m0/s1. The van der Waals surface area contributed by atoms with Gasteiger partial charge in [-0.25, -0.2) is 13.2 Å². The highest BCUT2D eigenvalue weighted by Gasteiger charge is 2.49. The Balaban J connectivity index is 3.28. The third kappa shape index (κ3) is 12.7. The number of hydrogen-bond donors (Lipinski definition) is 4. The molecule has 242 valence electrons. The Bertz CT molecular complexity index is 1090. The smallest absolute Gasteiger partial charge is 0.463 e. The Hall–Kier alpha value is -2.72. The van der Waals surface area contributed by atoms with Crippen molar-refractivity contribution in [2.45, 2.75) is 103 Å². The minimum Gasteiger partial charge on any atom is -0.463 e. The molecule has 16 heteroatoms. The van der Waals surface area contributed by atoms with E-state index in [0.29, 0.717) is 13.0 Å². The van der Waals surface area contributed by atoms with Gasteiger partial charge in [-0.3, -0.25) is 14.4 Å². The lowest BCUT2D eigenvalue weighted by atomic mass is 9.96. The van der Waals surface area contributed by atoms with E-state index in [4.69, 9.17) is 9.47 Å². The highest BCUT2D eigenvalue weighted by atomic mass is 32.2. The summed E-state index contributed by atoms with van der Waals surface area (Å²) < 4.78 is 75.2. The number of sulfonamides is 1. The molecule has 5 atom stereocenters. The summed E-state index contributed by atoms with van der Waals surface area (Å²) in [5.74, 6) is -3.52. The fourth-order valence-electron chi connectivity index (χ4n) is 4.22. The van der Waals surface area contributed by atoms with Gasteiger partial charge in [0.05, 0.1) is 18.3 Å². The highest BCUT2D eigenvalue weighted by Crippen LogP contribution is 2.24. The fourth-order valence-corrected chi connectivity index (χ4v) is 4.98. The van der Waals surface area contributed by atoms with Crippen molar-refractivity contribution in [3.63, 3.8) is 0 Å². The molecule has 0 aliphatic carbocycles. The number of rotatable bonds is 15. The van der Waals surface area contributed by atoms with E-state index in [1.807, 2.05) is 0 Å². The summed E-state index contributed by atoms with van der Waals surface area (Å²) in [7, 11) is -5.96. The normalized spacial score (nSPS) is 19.2. The first-order valence-corrected chi connectivity index (χ1v) is 15.1. The van der Waals surface area contributed by atoms with Crippen molar-refractivity contribution in [1.29, 1.82) is 0 Å². The first-order valence-electron chi connectivity index (χ1n) is 13.7. The van der Waals surface area contributed by atoms with E-state index in [0.717, 1.165) is 6.08 Å². The minimum absolute atomic E-state index is 0.0308. The number of ether oxygens (including phenoxy) is 2. The summed E-state index contributed by atoms with van der Waals surface area (Å²) in [6, 6.07) is -4.20. The number of carbonyl (C=O) groups excluding carboxylic acids is 4. The van der Waals surface area contributed by atoms with E-state index < -0.39 is 69.1 Å². The summed E-state index contributed by atoms with van der Waals surface area (Å²) in [5, 5.41) is 7.72.